The van der Waals surface area contributed by atoms with E-state index in [1.54, 1.807) is 6.92 Å². The molecular weight excluding hydrogens is 490 g/mol. The molecule has 0 bridgehead atoms. The van der Waals surface area contributed by atoms with Crippen LogP contribution in [-0.4, -0.2) is 114 Å². The number of fused-ring (bicyclic) bond motifs is 5. The number of piperazine rings is 1. The predicted octanol–water partition coefficient (Wildman–Crippen LogP) is 3.13. The molecule has 0 radical (unpaired) electrons. The van der Waals surface area contributed by atoms with E-state index in [2.05, 4.69) is 37.7 Å². The van der Waals surface area contributed by atoms with Gasteiger partial charge in [0, 0.05) is 50.6 Å². The average molecular weight is 547 g/mol. The van der Waals surface area contributed by atoms with Crippen molar-refractivity contribution >= 4 is 5.97 Å². The number of nitrogens with zero attached hydrogens (tertiary/aromatic N) is 3. The highest BCUT2D eigenvalue weighted by atomic mass is 16.5. The number of ether oxygens (including phenoxy) is 1. The first-order valence-electron chi connectivity index (χ1n) is 16.2. The molecular formula is C32H56N3O4+. The number of hydrogen-bond acceptors (Lipinski definition) is 6. The van der Waals surface area contributed by atoms with Crippen molar-refractivity contribution in [3.8, 4) is 0 Å². The molecule has 0 aromatic rings. The Morgan fingerprint density at radius 2 is 1.51 bits per heavy atom. The fourth-order valence-electron chi connectivity index (χ4n) is 10.9. The number of carbonyl (C=O) groups excluding carboxylic acids is 1. The average Bonchev–Trinajstić information content (AvgIpc) is 3.16. The van der Waals surface area contributed by atoms with Crippen LogP contribution in [0, 0.1) is 34.5 Å². The number of aliphatic hydroxyl groups is 2. The van der Waals surface area contributed by atoms with E-state index >= 15 is 0 Å². The molecule has 6 rings (SSSR count). The molecule has 2 heterocycles. The summed E-state index contributed by atoms with van der Waals surface area (Å²) in [5, 5.41) is 21.4. The number of rotatable bonds is 3. The second-order valence-corrected chi connectivity index (χ2v) is 15.8. The zero-order valence-electron chi connectivity index (χ0n) is 25.4. The third-order valence-electron chi connectivity index (χ3n) is 13.3. The van der Waals surface area contributed by atoms with Crippen LogP contribution in [0.1, 0.15) is 78.6 Å². The minimum absolute atomic E-state index is 0.000829. The Hall–Kier alpha value is -0.730. The van der Waals surface area contributed by atoms with Gasteiger partial charge in [0.25, 0.3) is 0 Å². The molecule has 0 unspecified atom stereocenters. The van der Waals surface area contributed by atoms with Gasteiger partial charge in [0.2, 0.25) is 0 Å². The summed E-state index contributed by atoms with van der Waals surface area (Å²) in [5.74, 6) is 2.46. The van der Waals surface area contributed by atoms with E-state index in [0.717, 1.165) is 75.9 Å². The van der Waals surface area contributed by atoms with Gasteiger partial charge < -0.3 is 19.4 Å². The van der Waals surface area contributed by atoms with E-state index < -0.39 is 0 Å². The first kappa shape index (κ1) is 28.4. The first-order chi connectivity index (χ1) is 18.4. The Kier molecular flexibility index (Phi) is 7.44. The normalized spacial score (nSPS) is 49.1. The van der Waals surface area contributed by atoms with E-state index in [-0.39, 0.29) is 41.2 Å². The summed E-state index contributed by atoms with van der Waals surface area (Å²) in [6.45, 7) is 13.0. The maximum atomic E-state index is 12.4. The van der Waals surface area contributed by atoms with Gasteiger partial charge in [-0.05, 0) is 86.9 Å². The molecule has 10 atom stereocenters. The molecule has 0 amide bonds. The molecule has 0 aromatic heterocycles. The van der Waals surface area contributed by atoms with Gasteiger partial charge in [0.1, 0.15) is 6.10 Å². The van der Waals surface area contributed by atoms with Crippen LogP contribution in [0.2, 0.25) is 0 Å². The quantitative estimate of drug-likeness (QED) is 0.419. The van der Waals surface area contributed by atoms with Crippen LogP contribution in [-0.2, 0) is 9.53 Å². The zero-order chi connectivity index (χ0) is 27.7. The molecule has 222 valence electrons. The Labute approximate surface area is 236 Å². The lowest BCUT2D eigenvalue weighted by Crippen LogP contribution is -2.61. The number of likely N-dealkylation sites (tertiary alicyclic amines) is 1. The number of carbonyl (C=O) groups is 1. The second-order valence-electron chi connectivity index (χ2n) is 15.8. The summed E-state index contributed by atoms with van der Waals surface area (Å²) in [6, 6.07) is 0.569. The van der Waals surface area contributed by atoms with Crippen LogP contribution >= 0.6 is 0 Å². The molecule has 4 aliphatic carbocycles. The van der Waals surface area contributed by atoms with Crippen molar-refractivity contribution in [2.75, 3.05) is 53.4 Å². The number of piperidine rings is 1. The zero-order valence-corrected chi connectivity index (χ0v) is 25.4. The van der Waals surface area contributed by atoms with Crippen molar-refractivity contribution in [2.45, 2.75) is 109 Å². The van der Waals surface area contributed by atoms with Crippen LogP contribution in [0.15, 0.2) is 0 Å². The summed E-state index contributed by atoms with van der Waals surface area (Å²) in [6.07, 6.45) is 9.31. The highest BCUT2D eigenvalue weighted by Gasteiger charge is 2.65. The number of aliphatic hydroxyl groups excluding tert-OH is 2. The van der Waals surface area contributed by atoms with E-state index in [1.807, 2.05) is 0 Å². The van der Waals surface area contributed by atoms with Gasteiger partial charge in [-0.15, -0.1) is 0 Å². The fraction of sp³-hybridized carbons (Fsp3) is 0.969. The molecule has 7 heteroatoms. The van der Waals surface area contributed by atoms with E-state index in [0.29, 0.717) is 29.7 Å². The van der Waals surface area contributed by atoms with Crippen molar-refractivity contribution in [1.82, 2.24) is 9.80 Å². The van der Waals surface area contributed by atoms with Crippen LogP contribution < -0.4 is 0 Å². The molecule has 39 heavy (non-hydrogen) atoms. The molecule has 2 N–H and O–H groups in total. The lowest BCUT2D eigenvalue weighted by atomic mass is 9.44. The van der Waals surface area contributed by atoms with Gasteiger partial charge in [0.05, 0.1) is 39.4 Å². The predicted molar refractivity (Wildman–Crippen MR) is 152 cm³/mol. The Morgan fingerprint density at radius 1 is 0.846 bits per heavy atom. The lowest BCUT2D eigenvalue weighted by Gasteiger charge is -2.62. The van der Waals surface area contributed by atoms with Crippen LogP contribution in [0.3, 0.4) is 0 Å². The fourth-order valence-corrected chi connectivity index (χ4v) is 10.9. The van der Waals surface area contributed by atoms with Gasteiger partial charge >= 0.3 is 5.97 Å². The van der Waals surface area contributed by atoms with Crippen LogP contribution in [0.4, 0.5) is 0 Å². The molecule has 2 saturated heterocycles. The number of quaternary nitrogens is 1. The molecule has 2 aliphatic heterocycles. The Balaban J connectivity index is 1.24. The summed E-state index contributed by atoms with van der Waals surface area (Å²) in [7, 11) is 4.67. The van der Waals surface area contributed by atoms with Gasteiger partial charge in [0.15, 0.2) is 0 Å². The van der Waals surface area contributed by atoms with Crippen molar-refractivity contribution in [3.05, 3.63) is 0 Å². The minimum atomic E-state index is -0.241. The van der Waals surface area contributed by atoms with Gasteiger partial charge in [-0.1, -0.05) is 13.8 Å². The van der Waals surface area contributed by atoms with Crippen molar-refractivity contribution in [3.63, 3.8) is 0 Å². The van der Waals surface area contributed by atoms with Crippen LogP contribution in [0.25, 0.3) is 0 Å². The SMILES string of the molecule is CC(=O)O[C@H]1[C@@H](N2CC[N+](C)(C)CC2)C[C@H]2[C@@H]3CC[C@H]4C[C@H](O)[C@@H](N5CCC(O)CC5)C[C@]4(C)[C@H]3CC[C@@]21C. The summed E-state index contributed by atoms with van der Waals surface area (Å²) in [5.41, 5.74) is 0.310. The molecule has 6 aliphatic rings. The number of hydrogen-bond donors (Lipinski definition) is 2. The molecule has 0 aromatic carbocycles. The molecule has 7 nitrogen and oxygen atoms in total. The first-order valence-corrected chi connectivity index (χ1v) is 16.2. The van der Waals surface area contributed by atoms with Gasteiger partial charge in [-0.3, -0.25) is 14.6 Å². The standard InChI is InChI=1S/C32H56N3O4/c1-21(36)39-30-27(34-14-16-35(4,5)17-15-34)19-26-24-7-6-22-18-29(38)28(33-12-9-23(37)10-13-33)20-32(22,3)25(24)8-11-31(26,30)2/h22-30,37-38H,6-20H2,1-5H3/q+1/t22-,24+,25-,26-,27-,28-,29-,30-,31-,32-/m0/s1. The van der Waals surface area contributed by atoms with Crippen molar-refractivity contribution in [2.24, 2.45) is 34.5 Å². The van der Waals surface area contributed by atoms with E-state index in [1.165, 1.54) is 25.7 Å². The van der Waals surface area contributed by atoms with E-state index in [4.69, 9.17) is 4.74 Å². The summed E-state index contributed by atoms with van der Waals surface area (Å²) >= 11 is 0. The maximum absolute atomic E-state index is 12.4. The number of likely N-dealkylation sites (N-methyl/N-ethyl adjacent to an activating group) is 1. The summed E-state index contributed by atoms with van der Waals surface area (Å²) < 4.78 is 7.37. The Bertz CT molecular complexity index is 911. The maximum Gasteiger partial charge on any atom is 0.302 e. The molecule has 4 saturated carbocycles. The Morgan fingerprint density at radius 3 is 2.18 bits per heavy atom. The second kappa shape index (κ2) is 10.2. The third kappa shape index (κ3) is 4.90. The smallest absolute Gasteiger partial charge is 0.302 e. The topological polar surface area (TPSA) is 73.2 Å². The van der Waals surface area contributed by atoms with Crippen molar-refractivity contribution in [1.29, 1.82) is 0 Å². The lowest BCUT2D eigenvalue weighted by molar-refractivity contribution is -0.894. The van der Waals surface area contributed by atoms with Gasteiger partial charge in [-0.25, -0.2) is 0 Å². The monoisotopic (exact) mass is 546 g/mol. The molecule has 6 fully saturated rings. The third-order valence-corrected chi connectivity index (χ3v) is 13.3. The largest absolute Gasteiger partial charge is 0.460 e. The van der Waals surface area contributed by atoms with Crippen molar-refractivity contribution < 1.29 is 24.2 Å². The highest BCUT2D eigenvalue weighted by molar-refractivity contribution is 5.66. The number of esters is 1. The van der Waals surface area contributed by atoms with E-state index in [9.17, 15) is 15.0 Å². The molecule has 0 spiro atoms. The van der Waals surface area contributed by atoms with Gasteiger partial charge in [-0.2, -0.15) is 0 Å². The van der Waals surface area contributed by atoms with Crippen LogP contribution in [0.5, 0.6) is 0 Å². The highest BCUT2D eigenvalue weighted by Crippen LogP contribution is 2.67. The minimum Gasteiger partial charge on any atom is -0.460 e. The summed E-state index contributed by atoms with van der Waals surface area (Å²) in [4.78, 5) is 17.6.